The second kappa shape index (κ2) is 7.36. The van der Waals surface area contributed by atoms with Crippen LogP contribution in [0.2, 0.25) is 0 Å². The number of amides is 1. The zero-order chi connectivity index (χ0) is 18.8. The number of carbonyl (C=O) groups excluding carboxylic acids is 1. The Kier molecular flexibility index (Phi) is 4.76. The van der Waals surface area contributed by atoms with Gasteiger partial charge in [0.15, 0.2) is 5.82 Å². The Morgan fingerprint density at radius 3 is 3.15 bits per heavy atom. The minimum atomic E-state index is -0.0278. The number of fused-ring (bicyclic) bond motifs is 1. The normalized spacial score (nSPS) is 17.1. The van der Waals surface area contributed by atoms with E-state index >= 15 is 0 Å². The largest absolute Gasteiger partial charge is 0.364 e. The van der Waals surface area contributed by atoms with Crippen molar-refractivity contribution in [2.45, 2.75) is 25.8 Å². The maximum atomic E-state index is 11.9. The van der Waals surface area contributed by atoms with Crippen molar-refractivity contribution in [1.82, 2.24) is 23.9 Å². The molecule has 1 aliphatic heterocycles. The number of hydrogen-bond acceptors (Lipinski definition) is 7. The van der Waals surface area contributed by atoms with Crippen molar-refractivity contribution >= 4 is 39.7 Å². The first-order valence-corrected chi connectivity index (χ1v) is 9.63. The van der Waals surface area contributed by atoms with Crippen LogP contribution in [-0.4, -0.2) is 48.9 Å². The Hall–Kier alpha value is -2.94. The number of nitrogens with one attached hydrogen (secondary N) is 2. The molecule has 140 valence electrons. The summed E-state index contributed by atoms with van der Waals surface area (Å²) in [4.78, 5) is 18.4. The smallest absolute Gasteiger partial charge is 0.248 e. The number of anilines is 3. The molecule has 0 unspecified atom stereocenters. The van der Waals surface area contributed by atoms with Gasteiger partial charge >= 0.3 is 0 Å². The van der Waals surface area contributed by atoms with Crippen LogP contribution < -0.4 is 10.6 Å². The summed E-state index contributed by atoms with van der Waals surface area (Å²) in [5.41, 5.74) is 1.85. The molecule has 27 heavy (non-hydrogen) atoms. The highest BCUT2D eigenvalue weighted by Gasteiger charge is 2.23. The quantitative estimate of drug-likeness (QED) is 0.659. The van der Waals surface area contributed by atoms with Crippen LogP contribution in [0.4, 0.5) is 16.8 Å². The first kappa shape index (κ1) is 17.5. The van der Waals surface area contributed by atoms with Gasteiger partial charge in [-0.05, 0) is 55.6 Å². The molecule has 1 fully saturated rings. The Labute approximate surface area is 161 Å². The summed E-state index contributed by atoms with van der Waals surface area (Å²) in [7, 11) is 0. The summed E-state index contributed by atoms with van der Waals surface area (Å²) >= 11 is 1.38. The molecular weight excluding hydrogens is 362 g/mol. The number of carbonyl (C=O) groups is 1. The first-order valence-electron chi connectivity index (χ1n) is 8.86. The van der Waals surface area contributed by atoms with Gasteiger partial charge in [-0.3, -0.25) is 4.79 Å². The molecule has 2 N–H and O–H groups in total. The van der Waals surface area contributed by atoms with Crippen LogP contribution in [-0.2, 0) is 4.79 Å². The number of aromatic nitrogens is 4. The lowest BCUT2D eigenvalue weighted by Gasteiger charge is -2.32. The maximum absolute atomic E-state index is 11.9. The van der Waals surface area contributed by atoms with E-state index in [2.05, 4.69) is 31.7 Å². The van der Waals surface area contributed by atoms with E-state index in [4.69, 9.17) is 0 Å². The number of aryl methyl sites for hydroxylation is 1. The first-order chi connectivity index (χ1) is 13.1. The van der Waals surface area contributed by atoms with Crippen molar-refractivity contribution in [2.24, 2.45) is 0 Å². The highest BCUT2D eigenvalue weighted by atomic mass is 32.1. The molecule has 0 saturated carbocycles. The molecule has 0 spiro atoms. The minimum Gasteiger partial charge on any atom is -0.364 e. The van der Waals surface area contributed by atoms with Crippen LogP contribution >= 0.6 is 11.5 Å². The zero-order valence-corrected chi connectivity index (χ0v) is 15.9. The van der Waals surface area contributed by atoms with E-state index in [0.717, 1.165) is 41.4 Å². The number of rotatable bonds is 5. The Morgan fingerprint density at radius 2 is 2.37 bits per heavy atom. The third-order valence-corrected chi connectivity index (χ3v) is 5.30. The molecule has 0 aliphatic carbocycles. The fraction of sp³-hybridized carbons (Fsp3) is 0.333. The van der Waals surface area contributed by atoms with Gasteiger partial charge in [0.2, 0.25) is 11.9 Å². The van der Waals surface area contributed by atoms with Gasteiger partial charge in [-0.1, -0.05) is 6.58 Å². The number of hydrogen-bond donors (Lipinski definition) is 2. The van der Waals surface area contributed by atoms with E-state index in [1.165, 1.54) is 17.6 Å². The van der Waals surface area contributed by atoms with Crippen molar-refractivity contribution in [2.75, 3.05) is 23.7 Å². The Bertz CT molecular complexity index is 979. The van der Waals surface area contributed by atoms with Gasteiger partial charge in [-0.2, -0.15) is 9.36 Å². The molecule has 0 radical (unpaired) electrons. The standard InChI is InChI=1S/C18H21N7OS/c1-3-16(26)24-8-4-6-13(11-24)19-17-14-7-5-9-25(14)22-18(21-17)20-15-10-12(2)23-27-15/h3,5,7,9-10,13H,1,4,6,8,11H2,2H3,(H2,19,20,21,22)/t13-/m1/s1. The fourth-order valence-electron chi connectivity index (χ4n) is 3.24. The highest BCUT2D eigenvalue weighted by molar-refractivity contribution is 7.10. The fourth-order valence-corrected chi connectivity index (χ4v) is 3.90. The molecule has 4 rings (SSSR count). The van der Waals surface area contributed by atoms with Crippen molar-refractivity contribution in [1.29, 1.82) is 0 Å². The molecule has 8 nitrogen and oxygen atoms in total. The summed E-state index contributed by atoms with van der Waals surface area (Å²) in [5, 5.41) is 12.1. The van der Waals surface area contributed by atoms with Crippen molar-refractivity contribution < 1.29 is 4.79 Å². The number of piperidine rings is 1. The number of nitrogens with zero attached hydrogens (tertiary/aromatic N) is 5. The van der Waals surface area contributed by atoms with Gasteiger partial charge in [0.25, 0.3) is 0 Å². The molecule has 9 heteroatoms. The Balaban J connectivity index is 1.57. The minimum absolute atomic E-state index is 0.0278. The second-order valence-electron chi connectivity index (χ2n) is 6.55. The van der Waals surface area contributed by atoms with Crippen LogP contribution in [0.3, 0.4) is 0 Å². The van der Waals surface area contributed by atoms with Crippen molar-refractivity contribution in [3.63, 3.8) is 0 Å². The Morgan fingerprint density at radius 1 is 1.48 bits per heavy atom. The molecule has 1 atom stereocenters. The lowest BCUT2D eigenvalue weighted by atomic mass is 10.1. The van der Waals surface area contributed by atoms with Crippen LogP contribution in [0, 0.1) is 6.92 Å². The molecule has 0 aromatic carbocycles. The van der Waals surface area contributed by atoms with E-state index in [1.807, 2.05) is 36.2 Å². The van der Waals surface area contributed by atoms with Gasteiger partial charge in [-0.25, -0.2) is 4.52 Å². The molecule has 3 aromatic heterocycles. The molecule has 1 aliphatic rings. The predicted octanol–water partition coefficient (Wildman–Crippen LogP) is 2.83. The second-order valence-corrected chi connectivity index (χ2v) is 7.36. The SMILES string of the molecule is C=CC(=O)N1CCC[C@@H](Nc2nc(Nc3cc(C)ns3)nn3cccc23)C1. The van der Waals surface area contributed by atoms with Crippen LogP contribution in [0.25, 0.3) is 5.52 Å². The molecule has 1 amide bonds. The highest BCUT2D eigenvalue weighted by Crippen LogP contribution is 2.24. The lowest BCUT2D eigenvalue weighted by molar-refractivity contribution is -0.127. The monoisotopic (exact) mass is 383 g/mol. The zero-order valence-electron chi connectivity index (χ0n) is 15.1. The van der Waals surface area contributed by atoms with Crippen molar-refractivity contribution in [3.8, 4) is 0 Å². The molecule has 4 heterocycles. The average molecular weight is 383 g/mol. The predicted molar refractivity (Wildman–Crippen MR) is 107 cm³/mol. The van der Waals surface area contributed by atoms with E-state index in [9.17, 15) is 4.79 Å². The van der Waals surface area contributed by atoms with Gasteiger partial charge < -0.3 is 15.5 Å². The molecular formula is C18H21N7OS. The van der Waals surface area contributed by atoms with E-state index in [1.54, 1.807) is 4.52 Å². The third kappa shape index (κ3) is 3.77. The van der Waals surface area contributed by atoms with Gasteiger partial charge in [-0.15, -0.1) is 5.10 Å². The maximum Gasteiger partial charge on any atom is 0.248 e. The number of likely N-dealkylation sites (tertiary alicyclic amines) is 1. The van der Waals surface area contributed by atoms with Crippen LogP contribution in [0.5, 0.6) is 0 Å². The average Bonchev–Trinajstić information content (AvgIpc) is 3.30. The van der Waals surface area contributed by atoms with E-state index in [-0.39, 0.29) is 11.9 Å². The molecule has 1 saturated heterocycles. The summed E-state index contributed by atoms with van der Waals surface area (Å²) in [6.45, 7) is 6.94. The van der Waals surface area contributed by atoms with Gasteiger partial charge in [0.1, 0.15) is 10.5 Å². The summed E-state index contributed by atoms with van der Waals surface area (Å²) in [6, 6.07) is 6.00. The van der Waals surface area contributed by atoms with Crippen molar-refractivity contribution in [3.05, 3.63) is 42.7 Å². The third-order valence-electron chi connectivity index (χ3n) is 4.50. The molecule has 0 bridgehead atoms. The van der Waals surface area contributed by atoms with Crippen LogP contribution in [0.1, 0.15) is 18.5 Å². The summed E-state index contributed by atoms with van der Waals surface area (Å²) in [5.74, 6) is 1.22. The topological polar surface area (TPSA) is 87.5 Å². The summed E-state index contributed by atoms with van der Waals surface area (Å²) < 4.78 is 6.06. The van der Waals surface area contributed by atoms with E-state index in [0.29, 0.717) is 12.5 Å². The van der Waals surface area contributed by atoms with E-state index < -0.39 is 0 Å². The molecule has 3 aromatic rings. The summed E-state index contributed by atoms with van der Waals surface area (Å²) in [6.07, 6.45) is 5.19. The van der Waals surface area contributed by atoms with Gasteiger partial charge in [0, 0.05) is 25.3 Å². The van der Waals surface area contributed by atoms with Crippen LogP contribution in [0.15, 0.2) is 37.1 Å². The van der Waals surface area contributed by atoms with Gasteiger partial charge in [0.05, 0.1) is 5.69 Å². The lowest BCUT2D eigenvalue weighted by Crippen LogP contribution is -2.44.